The van der Waals surface area contributed by atoms with E-state index in [9.17, 15) is 5.11 Å². The van der Waals surface area contributed by atoms with Crippen LogP contribution in [0.5, 0.6) is 0 Å². The molecule has 1 aromatic heterocycles. The lowest BCUT2D eigenvalue weighted by atomic mass is 9.49. The molecule has 0 saturated heterocycles. The standard InChI is InChI=1S/C16H25N3O/c17-9-14(20)10-19-2-1-18-15(19)16-6-11-3-12(7-16)5-13(4-11)8-16/h1-2,11-14,20H,3-10,17H2. The maximum atomic E-state index is 9.86. The Morgan fingerprint density at radius 2 is 1.85 bits per heavy atom. The van der Waals surface area contributed by atoms with Gasteiger partial charge in [0.1, 0.15) is 5.82 Å². The van der Waals surface area contributed by atoms with Crippen molar-refractivity contribution in [2.24, 2.45) is 23.5 Å². The van der Waals surface area contributed by atoms with E-state index in [4.69, 9.17) is 10.7 Å². The van der Waals surface area contributed by atoms with Gasteiger partial charge in [-0.3, -0.25) is 0 Å². The van der Waals surface area contributed by atoms with Crippen LogP contribution in [0.1, 0.15) is 44.3 Å². The second-order valence-corrected chi connectivity index (χ2v) is 7.49. The van der Waals surface area contributed by atoms with Gasteiger partial charge in [-0.05, 0) is 56.3 Å². The zero-order chi connectivity index (χ0) is 13.7. The monoisotopic (exact) mass is 275 g/mol. The lowest BCUT2D eigenvalue weighted by Crippen LogP contribution is -2.50. The molecule has 1 aromatic rings. The molecule has 4 saturated carbocycles. The Balaban J connectivity index is 1.65. The van der Waals surface area contributed by atoms with Crippen LogP contribution in [0.25, 0.3) is 0 Å². The first-order valence-electron chi connectivity index (χ1n) is 8.08. The van der Waals surface area contributed by atoms with Crippen LogP contribution in [0.3, 0.4) is 0 Å². The van der Waals surface area contributed by atoms with Crippen LogP contribution in [0, 0.1) is 17.8 Å². The first-order valence-corrected chi connectivity index (χ1v) is 8.08. The fraction of sp³-hybridized carbons (Fsp3) is 0.812. The molecule has 0 radical (unpaired) electrons. The van der Waals surface area contributed by atoms with Gasteiger partial charge in [-0.2, -0.15) is 0 Å². The molecule has 1 unspecified atom stereocenters. The molecule has 4 fully saturated rings. The fourth-order valence-corrected chi connectivity index (χ4v) is 5.60. The quantitative estimate of drug-likeness (QED) is 0.878. The number of nitrogens with two attached hydrogens (primary N) is 1. The highest BCUT2D eigenvalue weighted by atomic mass is 16.3. The van der Waals surface area contributed by atoms with Gasteiger partial charge < -0.3 is 15.4 Å². The zero-order valence-corrected chi connectivity index (χ0v) is 12.0. The number of aliphatic hydroxyl groups excluding tert-OH is 1. The van der Waals surface area contributed by atoms with E-state index in [1.165, 1.54) is 44.3 Å². The van der Waals surface area contributed by atoms with Crippen molar-refractivity contribution in [3.8, 4) is 0 Å². The summed E-state index contributed by atoms with van der Waals surface area (Å²) in [6.07, 6.45) is 11.8. The zero-order valence-electron chi connectivity index (χ0n) is 12.0. The Bertz CT molecular complexity index is 460. The molecule has 4 bridgehead atoms. The summed E-state index contributed by atoms with van der Waals surface area (Å²) in [7, 11) is 0. The molecular weight excluding hydrogens is 250 g/mol. The molecule has 0 aliphatic heterocycles. The van der Waals surface area contributed by atoms with Gasteiger partial charge in [-0.1, -0.05) is 0 Å². The lowest BCUT2D eigenvalue weighted by Gasteiger charge is -2.56. The lowest BCUT2D eigenvalue weighted by molar-refractivity contribution is -0.0117. The number of hydrogen-bond donors (Lipinski definition) is 2. The largest absolute Gasteiger partial charge is 0.390 e. The average molecular weight is 275 g/mol. The molecule has 20 heavy (non-hydrogen) atoms. The number of aliphatic hydroxyl groups is 1. The summed E-state index contributed by atoms with van der Waals surface area (Å²) in [5.74, 6) is 3.99. The van der Waals surface area contributed by atoms with E-state index in [1.54, 1.807) is 0 Å². The fourth-order valence-electron chi connectivity index (χ4n) is 5.60. The highest BCUT2D eigenvalue weighted by Gasteiger charge is 2.53. The van der Waals surface area contributed by atoms with Gasteiger partial charge in [0.05, 0.1) is 12.6 Å². The minimum Gasteiger partial charge on any atom is -0.390 e. The summed E-state index contributed by atoms with van der Waals surface area (Å²) in [6.45, 7) is 0.909. The molecule has 4 aliphatic carbocycles. The van der Waals surface area contributed by atoms with Crippen LogP contribution < -0.4 is 5.73 Å². The van der Waals surface area contributed by atoms with Crippen LogP contribution in [-0.4, -0.2) is 27.3 Å². The predicted octanol–water partition coefficient (Wildman–Crippen LogP) is 1.67. The van der Waals surface area contributed by atoms with Crippen molar-refractivity contribution in [3.05, 3.63) is 18.2 Å². The van der Waals surface area contributed by atoms with Gasteiger partial charge in [-0.15, -0.1) is 0 Å². The second-order valence-electron chi connectivity index (χ2n) is 7.49. The number of hydrogen-bond acceptors (Lipinski definition) is 3. The van der Waals surface area contributed by atoms with E-state index in [0.29, 0.717) is 18.5 Å². The molecule has 1 atom stereocenters. The maximum Gasteiger partial charge on any atom is 0.114 e. The maximum absolute atomic E-state index is 9.86. The third-order valence-corrected chi connectivity index (χ3v) is 5.91. The molecule has 4 nitrogen and oxygen atoms in total. The Hall–Kier alpha value is -0.870. The minimum absolute atomic E-state index is 0.298. The van der Waals surface area contributed by atoms with E-state index in [-0.39, 0.29) is 0 Å². The van der Waals surface area contributed by atoms with Gasteiger partial charge in [0, 0.05) is 24.4 Å². The highest BCUT2D eigenvalue weighted by molar-refractivity contribution is 5.18. The summed E-state index contributed by atoms with van der Waals surface area (Å²) in [6, 6.07) is 0. The third-order valence-electron chi connectivity index (χ3n) is 5.91. The van der Waals surface area contributed by atoms with E-state index in [0.717, 1.165) is 17.8 Å². The SMILES string of the molecule is NCC(O)Cn1ccnc1C12CC3CC(CC(C3)C1)C2. The number of imidazole rings is 1. The summed E-state index contributed by atoms with van der Waals surface area (Å²) < 4.78 is 2.17. The second kappa shape index (κ2) is 4.57. The summed E-state index contributed by atoms with van der Waals surface area (Å²) in [4.78, 5) is 4.70. The summed E-state index contributed by atoms with van der Waals surface area (Å²) in [5, 5.41) is 9.86. The smallest absolute Gasteiger partial charge is 0.114 e. The van der Waals surface area contributed by atoms with Crippen LogP contribution in [0.2, 0.25) is 0 Å². The number of aromatic nitrogens is 2. The van der Waals surface area contributed by atoms with Crippen molar-refractivity contribution in [1.82, 2.24) is 9.55 Å². The van der Waals surface area contributed by atoms with E-state index in [1.807, 2.05) is 12.4 Å². The molecule has 5 rings (SSSR count). The molecule has 0 aromatic carbocycles. The van der Waals surface area contributed by atoms with Crippen molar-refractivity contribution in [2.45, 2.75) is 56.6 Å². The predicted molar refractivity (Wildman–Crippen MR) is 77.1 cm³/mol. The Morgan fingerprint density at radius 1 is 1.25 bits per heavy atom. The van der Waals surface area contributed by atoms with E-state index < -0.39 is 6.10 Å². The van der Waals surface area contributed by atoms with Crippen LogP contribution in [0.15, 0.2) is 12.4 Å². The van der Waals surface area contributed by atoms with Crippen molar-refractivity contribution >= 4 is 0 Å². The number of rotatable bonds is 4. The van der Waals surface area contributed by atoms with Gasteiger partial charge >= 0.3 is 0 Å². The first kappa shape index (κ1) is 12.8. The van der Waals surface area contributed by atoms with Crippen molar-refractivity contribution in [2.75, 3.05) is 6.54 Å². The summed E-state index contributed by atoms with van der Waals surface area (Å²) in [5.41, 5.74) is 5.86. The van der Waals surface area contributed by atoms with Gasteiger partial charge in [0.2, 0.25) is 0 Å². The molecule has 0 spiro atoms. The van der Waals surface area contributed by atoms with Crippen LogP contribution in [0.4, 0.5) is 0 Å². The average Bonchev–Trinajstić information content (AvgIpc) is 2.86. The molecule has 1 heterocycles. The van der Waals surface area contributed by atoms with Gasteiger partial charge in [-0.25, -0.2) is 4.98 Å². The molecule has 3 N–H and O–H groups in total. The molecule has 4 heteroatoms. The normalized spacial score (nSPS) is 40.2. The van der Waals surface area contributed by atoms with E-state index >= 15 is 0 Å². The highest BCUT2D eigenvalue weighted by Crippen LogP contribution is 2.60. The van der Waals surface area contributed by atoms with Gasteiger partial charge in [0.15, 0.2) is 0 Å². The Labute approximate surface area is 120 Å². The minimum atomic E-state index is -0.461. The Morgan fingerprint density at radius 3 is 2.40 bits per heavy atom. The third kappa shape index (κ3) is 1.92. The first-order chi connectivity index (χ1) is 9.68. The van der Waals surface area contributed by atoms with Crippen molar-refractivity contribution in [3.63, 3.8) is 0 Å². The molecule has 0 amide bonds. The molecule has 110 valence electrons. The number of nitrogens with zero attached hydrogens (tertiary/aromatic N) is 2. The Kier molecular flexibility index (Phi) is 2.93. The summed E-state index contributed by atoms with van der Waals surface area (Å²) >= 11 is 0. The molecule has 4 aliphatic rings. The van der Waals surface area contributed by atoms with Crippen molar-refractivity contribution in [1.29, 1.82) is 0 Å². The van der Waals surface area contributed by atoms with Crippen LogP contribution >= 0.6 is 0 Å². The van der Waals surface area contributed by atoms with Crippen LogP contribution in [-0.2, 0) is 12.0 Å². The molecular formula is C16H25N3O. The van der Waals surface area contributed by atoms with E-state index in [2.05, 4.69) is 4.57 Å². The topological polar surface area (TPSA) is 64.1 Å². The van der Waals surface area contributed by atoms with Crippen molar-refractivity contribution < 1.29 is 5.11 Å². The van der Waals surface area contributed by atoms with Gasteiger partial charge in [0.25, 0.3) is 0 Å².